The first kappa shape index (κ1) is 15.2. The van der Waals surface area contributed by atoms with Crippen molar-refractivity contribution in [2.75, 3.05) is 38.1 Å². The van der Waals surface area contributed by atoms with Crippen molar-refractivity contribution in [2.24, 2.45) is 0 Å². The summed E-state index contributed by atoms with van der Waals surface area (Å²) in [5, 5.41) is 4.38. The Labute approximate surface area is 144 Å². The minimum atomic E-state index is 0.00743. The van der Waals surface area contributed by atoms with Crippen molar-refractivity contribution in [1.82, 2.24) is 19.6 Å². The molecule has 0 spiro atoms. The van der Waals surface area contributed by atoms with E-state index in [1.165, 1.54) is 11.3 Å². The van der Waals surface area contributed by atoms with Gasteiger partial charge in [0.25, 0.3) is 5.91 Å². The molecule has 2 aromatic heterocycles. The van der Waals surface area contributed by atoms with Gasteiger partial charge in [-0.3, -0.25) is 14.4 Å². The molecule has 2 aliphatic heterocycles. The lowest BCUT2D eigenvalue weighted by Gasteiger charge is -2.38. The fourth-order valence-corrected chi connectivity index (χ4v) is 3.88. The fourth-order valence-electron chi connectivity index (χ4n) is 3.05. The lowest BCUT2D eigenvalue weighted by molar-refractivity contribution is 0.0506. The van der Waals surface area contributed by atoms with E-state index in [0.717, 1.165) is 22.0 Å². The van der Waals surface area contributed by atoms with Gasteiger partial charge in [0.2, 0.25) is 0 Å². The fraction of sp³-hybridized carbons (Fsp3) is 0.438. The van der Waals surface area contributed by atoms with Crippen molar-refractivity contribution in [1.29, 1.82) is 0 Å². The number of urea groups is 1. The first-order chi connectivity index (χ1) is 11.5. The SMILES string of the molecule is Cc1ccc(C(=O)N2CC(n3cc(N4CCN(C)C4=O)cn3)C2)s1. The molecule has 4 heterocycles. The monoisotopic (exact) mass is 345 g/mol. The van der Waals surface area contributed by atoms with E-state index in [2.05, 4.69) is 5.10 Å². The molecule has 126 valence electrons. The van der Waals surface area contributed by atoms with Crippen LogP contribution in [0.3, 0.4) is 0 Å². The standard InChI is InChI=1S/C16H19N5O2S/c1-11-3-4-14(24-11)15(22)19-8-13(9-19)21-10-12(7-17-21)20-6-5-18(2)16(20)23/h3-4,7,10,13H,5-6,8-9H2,1-2H3. The third kappa shape index (κ3) is 2.47. The van der Waals surface area contributed by atoms with E-state index >= 15 is 0 Å². The lowest BCUT2D eigenvalue weighted by atomic mass is 10.1. The Hall–Kier alpha value is -2.35. The molecule has 24 heavy (non-hydrogen) atoms. The molecule has 0 atom stereocenters. The number of hydrogen-bond acceptors (Lipinski definition) is 4. The normalized spacial score (nSPS) is 18.4. The zero-order valence-corrected chi connectivity index (χ0v) is 14.5. The molecule has 2 saturated heterocycles. The van der Waals surface area contributed by atoms with Crippen LogP contribution in [0.1, 0.15) is 20.6 Å². The van der Waals surface area contributed by atoms with Gasteiger partial charge >= 0.3 is 6.03 Å². The molecule has 2 fully saturated rings. The van der Waals surface area contributed by atoms with Crippen LogP contribution < -0.4 is 4.90 Å². The Morgan fingerprint density at radius 1 is 1.29 bits per heavy atom. The number of hydrogen-bond donors (Lipinski definition) is 0. The molecule has 8 heteroatoms. The molecule has 0 N–H and O–H groups in total. The van der Waals surface area contributed by atoms with Crippen molar-refractivity contribution in [3.05, 3.63) is 34.3 Å². The van der Waals surface area contributed by atoms with Crippen LogP contribution in [0, 0.1) is 6.92 Å². The van der Waals surface area contributed by atoms with Gasteiger partial charge < -0.3 is 9.80 Å². The highest BCUT2D eigenvalue weighted by atomic mass is 32.1. The second-order valence-corrected chi connectivity index (χ2v) is 7.60. The lowest BCUT2D eigenvalue weighted by Crippen LogP contribution is -2.50. The summed E-state index contributed by atoms with van der Waals surface area (Å²) in [7, 11) is 1.80. The predicted molar refractivity (Wildman–Crippen MR) is 91.6 cm³/mol. The third-order valence-corrected chi connectivity index (χ3v) is 5.58. The summed E-state index contributed by atoms with van der Waals surface area (Å²) in [6.45, 7) is 4.74. The Kier molecular flexibility index (Phi) is 3.56. The number of rotatable bonds is 3. The molecule has 4 rings (SSSR count). The van der Waals surface area contributed by atoms with Crippen LogP contribution in [0.25, 0.3) is 0 Å². The Balaban J connectivity index is 1.39. The zero-order chi connectivity index (χ0) is 16.8. The average molecular weight is 345 g/mol. The molecule has 0 radical (unpaired) electrons. The topological polar surface area (TPSA) is 61.7 Å². The van der Waals surface area contributed by atoms with Crippen molar-refractivity contribution in [3.8, 4) is 0 Å². The van der Waals surface area contributed by atoms with Gasteiger partial charge in [0.15, 0.2) is 0 Å². The molecule has 0 aromatic carbocycles. The molecule has 2 aliphatic rings. The van der Waals surface area contributed by atoms with Crippen LogP contribution in [0.15, 0.2) is 24.5 Å². The second kappa shape index (κ2) is 5.62. The Morgan fingerprint density at radius 2 is 2.08 bits per heavy atom. The molecule has 0 aliphatic carbocycles. The molecule has 0 bridgehead atoms. The number of amides is 3. The van der Waals surface area contributed by atoms with Crippen LogP contribution in [0.2, 0.25) is 0 Å². The summed E-state index contributed by atoms with van der Waals surface area (Å²) in [6, 6.07) is 4.04. The van der Waals surface area contributed by atoms with E-state index in [1.54, 1.807) is 23.0 Å². The van der Waals surface area contributed by atoms with Crippen LogP contribution in [-0.4, -0.2) is 64.7 Å². The molecule has 7 nitrogen and oxygen atoms in total. The minimum Gasteiger partial charge on any atom is -0.334 e. The number of likely N-dealkylation sites (tertiary alicyclic amines) is 1. The highest BCUT2D eigenvalue weighted by Crippen LogP contribution is 2.27. The summed E-state index contributed by atoms with van der Waals surface area (Å²) >= 11 is 1.53. The molecule has 0 unspecified atom stereocenters. The van der Waals surface area contributed by atoms with Crippen molar-refractivity contribution in [3.63, 3.8) is 0 Å². The van der Waals surface area contributed by atoms with E-state index in [-0.39, 0.29) is 18.0 Å². The first-order valence-electron chi connectivity index (χ1n) is 7.95. The van der Waals surface area contributed by atoms with Gasteiger partial charge in [-0.1, -0.05) is 0 Å². The number of thiophene rings is 1. The van der Waals surface area contributed by atoms with Gasteiger partial charge in [-0.05, 0) is 19.1 Å². The van der Waals surface area contributed by atoms with Crippen LogP contribution in [0.5, 0.6) is 0 Å². The number of aromatic nitrogens is 2. The highest BCUT2D eigenvalue weighted by molar-refractivity contribution is 7.13. The van der Waals surface area contributed by atoms with E-state index in [9.17, 15) is 9.59 Å². The second-order valence-electron chi connectivity index (χ2n) is 6.31. The van der Waals surface area contributed by atoms with Crippen molar-refractivity contribution >= 4 is 29.0 Å². The zero-order valence-electron chi connectivity index (χ0n) is 13.7. The van der Waals surface area contributed by atoms with E-state index in [4.69, 9.17) is 0 Å². The van der Waals surface area contributed by atoms with Gasteiger partial charge in [-0.15, -0.1) is 11.3 Å². The van der Waals surface area contributed by atoms with Gasteiger partial charge in [-0.2, -0.15) is 5.10 Å². The molecular weight excluding hydrogens is 326 g/mol. The number of carbonyl (C=O) groups excluding carboxylic acids is 2. The van der Waals surface area contributed by atoms with Crippen LogP contribution in [0.4, 0.5) is 10.5 Å². The smallest absolute Gasteiger partial charge is 0.324 e. The van der Waals surface area contributed by atoms with E-state index in [0.29, 0.717) is 19.6 Å². The van der Waals surface area contributed by atoms with Gasteiger partial charge in [-0.25, -0.2) is 4.79 Å². The minimum absolute atomic E-state index is 0.00743. The maximum Gasteiger partial charge on any atom is 0.324 e. The summed E-state index contributed by atoms with van der Waals surface area (Å²) in [5.41, 5.74) is 0.822. The Bertz CT molecular complexity index is 792. The molecular formula is C16H19N5O2S. The Morgan fingerprint density at radius 3 is 2.71 bits per heavy atom. The molecule has 2 aromatic rings. The quantitative estimate of drug-likeness (QED) is 0.852. The van der Waals surface area contributed by atoms with Crippen LogP contribution in [-0.2, 0) is 0 Å². The highest BCUT2D eigenvalue weighted by Gasteiger charge is 2.34. The summed E-state index contributed by atoms with van der Waals surface area (Å²) in [5.74, 6) is 0.0908. The molecule has 3 amide bonds. The predicted octanol–water partition coefficient (Wildman–Crippen LogP) is 1.82. The third-order valence-electron chi connectivity index (χ3n) is 4.59. The summed E-state index contributed by atoms with van der Waals surface area (Å²) in [6.07, 6.45) is 3.63. The maximum absolute atomic E-state index is 12.4. The van der Waals surface area contributed by atoms with Gasteiger partial charge in [0, 0.05) is 44.3 Å². The number of likely N-dealkylation sites (N-methyl/N-ethyl adjacent to an activating group) is 1. The van der Waals surface area contributed by atoms with Gasteiger partial charge in [0.1, 0.15) is 0 Å². The van der Waals surface area contributed by atoms with E-state index in [1.807, 2.05) is 34.8 Å². The van der Waals surface area contributed by atoms with Gasteiger partial charge in [0.05, 0.1) is 22.8 Å². The maximum atomic E-state index is 12.4. The van der Waals surface area contributed by atoms with Crippen molar-refractivity contribution < 1.29 is 9.59 Å². The average Bonchev–Trinajstić information content (AvgIpc) is 3.21. The number of nitrogens with zero attached hydrogens (tertiary/aromatic N) is 5. The van der Waals surface area contributed by atoms with Crippen molar-refractivity contribution in [2.45, 2.75) is 13.0 Å². The summed E-state index contributed by atoms with van der Waals surface area (Å²) in [4.78, 5) is 31.6. The van der Waals surface area contributed by atoms with E-state index < -0.39 is 0 Å². The largest absolute Gasteiger partial charge is 0.334 e. The van der Waals surface area contributed by atoms with Crippen LogP contribution >= 0.6 is 11.3 Å². The number of carbonyl (C=O) groups is 2. The number of anilines is 1. The molecule has 0 saturated carbocycles. The first-order valence-corrected chi connectivity index (χ1v) is 8.77. The summed E-state index contributed by atoms with van der Waals surface area (Å²) < 4.78 is 1.87. The number of aryl methyl sites for hydroxylation is 1.